The van der Waals surface area contributed by atoms with Gasteiger partial charge in [0.25, 0.3) is 0 Å². The molecule has 4 rings (SSSR count). The van der Waals surface area contributed by atoms with Crippen molar-refractivity contribution in [3.05, 3.63) is 0 Å². The van der Waals surface area contributed by atoms with Crippen LogP contribution in [0.4, 0.5) is 0 Å². The second kappa shape index (κ2) is 5.91. The molecule has 0 aromatic carbocycles. The number of ether oxygens (including phenoxy) is 3. The molecule has 134 valence electrons. The van der Waals surface area contributed by atoms with Crippen molar-refractivity contribution >= 4 is 0 Å². The molecule has 4 aliphatic rings. The molecule has 0 aromatic heterocycles. The van der Waals surface area contributed by atoms with Gasteiger partial charge in [0.05, 0.1) is 23.9 Å². The van der Waals surface area contributed by atoms with Crippen molar-refractivity contribution < 1.29 is 34.6 Å². The Kier molecular flexibility index (Phi) is 4.51. The normalized spacial score (nSPS) is 52.6. The lowest BCUT2D eigenvalue weighted by atomic mass is 9.67. The van der Waals surface area contributed by atoms with Crippen molar-refractivity contribution in [1.29, 1.82) is 0 Å². The van der Waals surface area contributed by atoms with Crippen molar-refractivity contribution in [2.75, 3.05) is 6.61 Å². The average molecular weight is 332 g/mol. The minimum absolute atomic E-state index is 0.206. The first-order chi connectivity index (χ1) is 10.7. The van der Waals surface area contributed by atoms with Crippen molar-refractivity contribution in [2.45, 2.75) is 88.0 Å². The fourth-order valence-corrected chi connectivity index (χ4v) is 4.22. The summed E-state index contributed by atoms with van der Waals surface area (Å²) in [4.78, 5) is 0. The fourth-order valence-electron chi connectivity index (χ4n) is 4.22. The molecule has 3 aliphatic heterocycles. The Morgan fingerprint density at radius 2 is 1.78 bits per heavy atom. The van der Waals surface area contributed by atoms with Crippen LogP contribution in [0.25, 0.3) is 0 Å². The summed E-state index contributed by atoms with van der Waals surface area (Å²) in [6.07, 6.45) is -3.76. The van der Waals surface area contributed by atoms with Crippen LogP contribution in [0.3, 0.4) is 0 Å². The summed E-state index contributed by atoms with van der Waals surface area (Å²) in [7, 11) is 0. The quantitative estimate of drug-likeness (QED) is 0.554. The van der Waals surface area contributed by atoms with Gasteiger partial charge in [-0.25, -0.2) is 0 Å². The predicted molar refractivity (Wildman–Crippen MR) is 79.6 cm³/mol. The van der Waals surface area contributed by atoms with Gasteiger partial charge in [0, 0.05) is 0 Å². The molecule has 2 bridgehead atoms. The highest BCUT2D eigenvalue weighted by Crippen LogP contribution is 2.51. The van der Waals surface area contributed by atoms with Crippen LogP contribution in [-0.2, 0) is 14.2 Å². The SMILES string of the molecule is CC1(C)O[C@]2(C)CC[C@H]1C[C@H]2O[C@@H]1O[C@H](CO)[C@H](O)[C@H](O)[C@H]1O. The minimum Gasteiger partial charge on any atom is -0.394 e. The van der Waals surface area contributed by atoms with Gasteiger partial charge in [-0.3, -0.25) is 0 Å². The van der Waals surface area contributed by atoms with Gasteiger partial charge in [0.2, 0.25) is 0 Å². The van der Waals surface area contributed by atoms with Gasteiger partial charge in [0.15, 0.2) is 6.29 Å². The maximum absolute atomic E-state index is 10.1. The molecule has 4 N–H and O–H groups in total. The number of rotatable bonds is 3. The van der Waals surface area contributed by atoms with Crippen LogP contribution in [0.2, 0.25) is 0 Å². The molecule has 23 heavy (non-hydrogen) atoms. The summed E-state index contributed by atoms with van der Waals surface area (Å²) in [5.74, 6) is 0.360. The summed E-state index contributed by atoms with van der Waals surface area (Å²) in [5.41, 5.74) is -0.681. The van der Waals surface area contributed by atoms with Gasteiger partial charge in [-0.2, -0.15) is 0 Å². The first-order valence-corrected chi connectivity index (χ1v) is 8.34. The van der Waals surface area contributed by atoms with Crippen molar-refractivity contribution in [3.63, 3.8) is 0 Å². The lowest BCUT2D eigenvalue weighted by Crippen LogP contribution is -2.65. The topological polar surface area (TPSA) is 109 Å². The number of fused-ring (bicyclic) bond motifs is 3. The number of aliphatic hydroxyl groups is 4. The molecule has 0 amide bonds. The summed E-state index contributed by atoms with van der Waals surface area (Å²) in [5, 5.41) is 39.1. The van der Waals surface area contributed by atoms with E-state index in [2.05, 4.69) is 13.8 Å². The summed E-state index contributed by atoms with van der Waals surface area (Å²) >= 11 is 0. The second-order valence-corrected chi connectivity index (χ2v) is 7.81. The zero-order chi connectivity index (χ0) is 17.0. The largest absolute Gasteiger partial charge is 0.394 e. The van der Waals surface area contributed by atoms with E-state index in [1.807, 2.05) is 6.92 Å². The molecule has 3 saturated heterocycles. The summed E-state index contributed by atoms with van der Waals surface area (Å²) in [6.45, 7) is 5.70. The predicted octanol–water partition coefficient (Wildman–Crippen LogP) is -0.461. The first kappa shape index (κ1) is 17.5. The van der Waals surface area contributed by atoms with Gasteiger partial charge < -0.3 is 34.6 Å². The molecule has 0 radical (unpaired) electrons. The van der Waals surface area contributed by atoms with Gasteiger partial charge in [-0.1, -0.05) is 0 Å². The highest BCUT2D eigenvalue weighted by molar-refractivity contribution is 5.04. The van der Waals surface area contributed by atoms with E-state index in [0.29, 0.717) is 5.92 Å². The van der Waals surface area contributed by atoms with E-state index in [1.54, 1.807) is 0 Å². The number of hydrogen-bond donors (Lipinski definition) is 4. The van der Waals surface area contributed by atoms with Crippen LogP contribution >= 0.6 is 0 Å². The van der Waals surface area contributed by atoms with Gasteiger partial charge in [0.1, 0.15) is 24.4 Å². The highest BCUT2D eigenvalue weighted by Gasteiger charge is 2.56. The van der Waals surface area contributed by atoms with E-state index in [-0.39, 0.29) is 11.7 Å². The van der Waals surface area contributed by atoms with Crippen LogP contribution in [0.5, 0.6) is 0 Å². The average Bonchev–Trinajstić information content (AvgIpc) is 2.48. The number of aliphatic hydroxyl groups excluding tert-OH is 4. The van der Waals surface area contributed by atoms with Crippen LogP contribution in [0.15, 0.2) is 0 Å². The van der Waals surface area contributed by atoms with Gasteiger partial charge >= 0.3 is 0 Å². The molecule has 7 nitrogen and oxygen atoms in total. The number of hydrogen-bond acceptors (Lipinski definition) is 7. The van der Waals surface area contributed by atoms with Crippen molar-refractivity contribution in [2.24, 2.45) is 5.92 Å². The van der Waals surface area contributed by atoms with Crippen LogP contribution in [0, 0.1) is 5.92 Å². The second-order valence-electron chi connectivity index (χ2n) is 7.81. The molecular weight excluding hydrogens is 304 g/mol. The van der Waals surface area contributed by atoms with Crippen molar-refractivity contribution in [3.8, 4) is 0 Å². The smallest absolute Gasteiger partial charge is 0.187 e. The Labute approximate surface area is 136 Å². The molecule has 1 saturated carbocycles. The van der Waals surface area contributed by atoms with E-state index in [4.69, 9.17) is 14.2 Å². The molecule has 8 atom stereocenters. The zero-order valence-corrected chi connectivity index (χ0v) is 13.9. The Hall–Kier alpha value is -0.280. The maximum Gasteiger partial charge on any atom is 0.187 e. The van der Waals surface area contributed by atoms with Crippen LogP contribution in [0.1, 0.15) is 40.0 Å². The Morgan fingerprint density at radius 1 is 1.09 bits per heavy atom. The molecule has 1 aliphatic carbocycles. The Balaban J connectivity index is 1.72. The summed E-state index contributed by atoms with van der Waals surface area (Å²) < 4.78 is 17.6. The molecule has 0 unspecified atom stereocenters. The Bertz CT molecular complexity index is 440. The summed E-state index contributed by atoms with van der Waals surface area (Å²) in [6, 6.07) is 0. The Morgan fingerprint density at radius 3 is 2.35 bits per heavy atom. The van der Waals surface area contributed by atoms with Crippen molar-refractivity contribution in [1.82, 2.24) is 0 Å². The highest BCUT2D eigenvalue weighted by atomic mass is 16.7. The third-order valence-corrected chi connectivity index (χ3v) is 5.80. The monoisotopic (exact) mass is 332 g/mol. The molecule has 0 aromatic rings. The van der Waals surface area contributed by atoms with E-state index < -0.39 is 42.9 Å². The molecular formula is C16H28O7. The van der Waals surface area contributed by atoms with Gasteiger partial charge in [-0.05, 0) is 46.0 Å². The third kappa shape index (κ3) is 2.93. The standard InChI is InChI=1S/C16H28O7/c1-15(2)8-4-5-16(3,23-15)10(6-8)22-14-13(20)12(19)11(18)9(7-17)21-14/h8-14,17-20H,4-7H2,1-3H3/t8-,9+,10+,11-,12-,13+,14-,16+/m0/s1. The lowest BCUT2D eigenvalue weighted by Gasteiger charge is -2.58. The third-order valence-electron chi connectivity index (χ3n) is 5.80. The van der Waals surface area contributed by atoms with Crippen LogP contribution < -0.4 is 0 Å². The van der Waals surface area contributed by atoms with E-state index in [9.17, 15) is 20.4 Å². The van der Waals surface area contributed by atoms with Crippen LogP contribution in [-0.4, -0.2) is 75.0 Å². The minimum atomic E-state index is -1.42. The van der Waals surface area contributed by atoms with E-state index in [1.165, 1.54) is 0 Å². The van der Waals surface area contributed by atoms with E-state index in [0.717, 1.165) is 19.3 Å². The molecule has 3 heterocycles. The van der Waals surface area contributed by atoms with Gasteiger partial charge in [-0.15, -0.1) is 0 Å². The lowest BCUT2D eigenvalue weighted by molar-refractivity contribution is -0.353. The molecule has 4 fully saturated rings. The molecule has 7 heteroatoms. The first-order valence-electron chi connectivity index (χ1n) is 8.34. The molecule has 0 spiro atoms. The fraction of sp³-hybridized carbons (Fsp3) is 1.00. The zero-order valence-electron chi connectivity index (χ0n) is 13.9. The maximum atomic E-state index is 10.1. The van der Waals surface area contributed by atoms with E-state index >= 15 is 0 Å².